The molecule has 0 rings (SSSR count). The zero-order valence-electron chi connectivity index (χ0n) is 41.7. The van der Waals surface area contributed by atoms with Gasteiger partial charge in [0.05, 0.1) is 43.9 Å². The summed E-state index contributed by atoms with van der Waals surface area (Å²) in [6.07, 6.45) is -3.02. The molecule has 0 saturated heterocycles. The molecule has 17 nitrogen and oxygen atoms in total. The van der Waals surface area contributed by atoms with Crippen LogP contribution in [0.2, 0.25) is 0 Å². The van der Waals surface area contributed by atoms with Gasteiger partial charge in [-0.05, 0) is 114 Å². The number of carbonyl (C=O) groups is 4. The molecule has 2 N–H and O–H groups in total. The number of hydrogen-bond donors (Lipinski definition) is 2. The summed E-state index contributed by atoms with van der Waals surface area (Å²) >= 11 is 0. The SMILES string of the molecule is CCOP(C)(=O)C(N(OC(CC(C)(C)C(=O)O)C(=O)OCCCCOC(=O)C(CC(C)(C)C(=O)O)ON(C(C(C)(C)C)P(=O)(OCC)OCC)C(C)(C)C)C(C)(C)C)C(C)(C)C. The minimum absolute atomic E-state index is 0.0756. The van der Waals surface area contributed by atoms with Gasteiger partial charge in [0.15, 0.2) is 12.2 Å². The van der Waals surface area contributed by atoms with Crippen LogP contribution in [0.4, 0.5) is 0 Å². The fourth-order valence-corrected chi connectivity index (χ4v) is 12.2. The predicted octanol–water partition coefficient (Wildman–Crippen LogP) is 9.61. The van der Waals surface area contributed by atoms with Crippen LogP contribution in [0.3, 0.4) is 0 Å². The zero-order chi connectivity index (χ0) is 49.1. The van der Waals surface area contributed by atoms with Gasteiger partial charge in [-0.1, -0.05) is 41.5 Å². The minimum atomic E-state index is -3.93. The Hall–Kier alpha value is -1.94. The van der Waals surface area contributed by atoms with Gasteiger partial charge in [-0.25, -0.2) is 9.59 Å². The topological polar surface area (TPSA) is 214 Å². The average molecular weight is 931 g/mol. The summed E-state index contributed by atoms with van der Waals surface area (Å²) in [5.74, 6) is -5.89. The molecule has 0 aromatic rings. The van der Waals surface area contributed by atoms with Crippen LogP contribution in [0, 0.1) is 21.7 Å². The van der Waals surface area contributed by atoms with Crippen molar-refractivity contribution < 1.29 is 71.2 Å². The first kappa shape index (κ1) is 60.1. The van der Waals surface area contributed by atoms with Crippen molar-refractivity contribution in [3.63, 3.8) is 0 Å². The summed E-state index contributed by atoms with van der Waals surface area (Å²) in [5, 5.41) is 22.9. The smallest absolute Gasteiger partial charge is 0.350 e. The van der Waals surface area contributed by atoms with E-state index >= 15 is 0 Å². The maximum atomic E-state index is 14.4. The van der Waals surface area contributed by atoms with Crippen LogP contribution < -0.4 is 0 Å². The maximum Gasteiger partial charge on any atom is 0.350 e. The number of rotatable bonds is 27. The van der Waals surface area contributed by atoms with E-state index in [4.69, 9.17) is 32.7 Å². The number of esters is 2. The summed E-state index contributed by atoms with van der Waals surface area (Å²) in [6.45, 7) is 34.5. The van der Waals surface area contributed by atoms with E-state index in [-0.39, 0.29) is 58.7 Å². The second-order valence-electron chi connectivity index (χ2n) is 21.2. The molecule has 62 heavy (non-hydrogen) atoms. The van der Waals surface area contributed by atoms with Gasteiger partial charge in [0.25, 0.3) is 0 Å². The molecular formula is C43H84N2O15P2. The third kappa shape index (κ3) is 18.5. The van der Waals surface area contributed by atoms with Crippen molar-refractivity contribution in [2.24, 2.45) is 21.7 Å². The highest BCUT2D eigenvalue weighted by Crippen LogP contribution is 2.61. The quantitative estimate of drug-likeness (QED) is 0.0339. The molecule has 5 unspecified atom stereocenters. The normalized spacial score (nSPS) is 16.7. The predicted molar refractivity (Wildman–Crippen MR) is 239 cm³/mol. The molecular weight excluding hydrogens is 846 g/mol. The largest absolute Gasteiger partial charge is 0.481 e. The van der Waals surface area contributed by atoms with Gasteiger partial charge in [-0.15, -0.1) is 0 Å². The first-order valence-corrected chi connectivity index (χ1v) is 25.3. The van der Waals surface area contributed by atoms with E-state index in [2.05, 4.69) is 0 Å². The molecule has 0 aromatic carbocycles. The van der Waals surface area contributed by atoms with Gasteiger partial charge >= 0.3 is 31.5 Å². The molecule has 19 heteroatoms. The summed E-state index contributed by atoms with van der Waals surface area (Å²) in [4.78, 5) is 64.9. The third-order valence-electron chi connectivity index (χ3n) is 9.65. The van der Waals surface area contributed by atoms with Crippen molar-refractivity contribution in [3.05, 3.63) is 0 Å². The van der Waals surface area contributed by atoms with Crippen molar-refractivity contribution in [3.8, 4) is 0 Å². The fourth-order valence-electron chi connectivity index (χ4n) is 6.67. The Morgan fingerprint density at radius 1 is 0.532 bits per heavy atom. The van der Waals surface area contributed by atoms with Gasteiger partial charge in [-0.2, -0.15) is 10.1 Å². The van der Waals surface area contributed by atoms with Gasteiger partial charge in [0, 0.05) is 30.6 Å². The maximum absolute atomic E-state index is 14.4. The molecule has 0 radical (unpaired) electrons. The number of carboxylic acids is 2. The zero-order valence-corrected chi connectivity index (χ0v) is 43.5. The lowest BCUT2D eigenvalue weighted by Gasteiger charge is -2.48. The van der Waals surface area contributed by atoms with Crippen LogP contribution in [0.25, 0.3) is 0 Å². The summed E-state index contributed by atoms with van der Waals surface area (Å²) in [6, 6.07) is 0. The van der Waals surface area contributed by atoms with Crippen LogP contribution in [0.15, 0.2) is 0 Å². The lowest BCUT2D eigenvalue weighted by Crippen LogP contribution is -2.56. The molecule has 0 amide bonds. The molecule has 0 saturated carbocycles. The van der Waals surface area contributed by atoms with Crippen LogP contribution in [0.1, 0.15) is 157 Å². The molecule has 366 valence electrons. The Balaban J connectivity index is 6.48. The van der Waals surface area contributed by atoms with Gasteiger partial charge in [0.2, 0.25) is 7.37 Å². The molecule has 0 aromatic heterocycles. The van der Waals surface area contributed by atoms with Crippen molar-refractivity contribution in [2.45, 2.75) is 192 Å². The highest BCUT2D eigenvalue weighted by molar-refractivity contribution is 7.58. The van der Waals surface area contributed by atoms with Gasteiger partial charge in [0.1, 0.15) is 11.6 Å². The molecule has 0 bridgehead atoms. The number of carboxylic acid groups (broad SMARTS) is 2. The Labute approximate surface area is 372 Å². The highest BCUT2D eigenvalue weighted by atomic mass is 31.2. The van der Waals surface area contributed by atoms with Crippen LogP contribution >= 0.6 is 15.0 Å². The van der Waals surface area contributed by atoms with Crippen molar-refractivity contribution >= 4 is 38.8 Å². The number of hydroxylamine groups is 4. The Kier molecular flexibility index (Phi) is 22.8. The first-order chi connectivity index (χ1) is 27.8. The molecule has 0 spiro atoms. The van der Waals surface area contributed by atoms with E-state index in [0.29, 0.717) is 0 Å². The third-order valence-corrected chi connectivity index (χ3v) is 15.1. The monoisotopic (exact) mass is 931 g/mol. The lowest BCUT2D eigenvalue weighted by molar-refractivity contribution is -0.271. The van der Waals surface area contributed by atoms with Crippen molar-refractivity contribution in [1.29, 1.82) is 0 Å². The molecule has 0 aliphatic carbocycles. The van der Waals surface area contributed by atoms with E-state index in [1.165, 1.54) is 44.5 Å². The number of hydrogen-bond acceptors (Lipinski definition) is 15. The van der Waals surface area contributed by atoms with Crippen LogP contribution in [-0.2, 0) is 61.0 Å². The van der Waals surface area contributed by atoms with E-state index in [1.807, 2.05) is 62.3 Å². The molecule has 5 atom stereocenters. The first-order valence-electron chi connectivity index (χ1n) is 21.6. The fraction of sp³-hybridized carbons (Fsp3) is 0.907. The summed E-state index contributed by atoms with van der Waals surface area (Å²) in [5.41, 5.74) is -6.07. The van der Waals surface area contributed by atoms with Gasteiger partial charge in [-0.3, -0.25) is 28.4 Å². The number of nitrogens with zero attached hydrogens (tertiary/aromatic N) is 2. The summed E-state index contributed by atoms with van der Waals surface area (Å²) in [7, 11) is -7.35. The average Bonchev–Trinajstić information content (AvgIpc) is 3.05. The van der Waals surface area contributed by atoms with Crippen LogP contribution in [0.5, 0.6) is 0 Å². The number of aliphatic carboxylic acids is 2. The van der Waals surface area contributed by atoms with E-state index < -0.39 is 95.4 Å². The van der Waals surface area contributed by atoms with E-state index in [9.17, 15) is 38.5 Å². The Morgan fingerprint density at radius 3 is 1.10 bits per heavy atom. The Bertz CT molecular complexity index is 1550. The standard InChI is InChI=1S/C43H84N2O15P2/c1-21-56-61(20,52)34(38(4,5)6)44(40(10,11)12)59-30(28-42(16,17)36(48)49)32(46)54-26-24-25-27-55-33(47)31(29-43(18,19)37(50)51)60-45(41(13,14)15)35(39(7,8)9)62(53,57-22-2)58-23-3/h30-31,34-35H,21-29H2,1-20H3,(H,48,49)(H,50,51). The lowest BCUT2D eigenvalue weighted by atomic mass is 9.87. The molecule has 0 fully saturated rings. The summed E-state index contributed by atoms with van der Waals surface area (Å²) < 4.78 is 57.1. The van der Waals surface area contributed by atoms with E-state index in [0.717, 1.165) is 0 Å². The molecule has 0 aliphatic rings. The van der Waals surface area contributed by atoms with Gasteiger partial charge < -0.3 is 33.3 Å². The van der Waals surface area contributed by atoms with Crippen LogP contribution in [-0.4, -0.2) is 119 Å². The number of carbonyl (C=O) groups excluding carboxylic acids is 2. The Morgan fingerprint density at radius 2 is 0.839 bits per heavy atom. The number of ether oxygens (including phenoxy) is 2. The van der Waals surface area contributed by atoms with E-state index in [1.54, 1.807) is 41.5 Å². The number of unbranched alkanes of at least 4 members (excludes halogenated alkanes) is 1. The van der Waals surface area contributed by atoms with Crippen molar-refractivity contribution in [2.75, 3.05) is 39.7 Å². The molecule has 0 heterocycles. The van der Waals surface area contributed by atoms with Crippen molar-refractivity contribution in [1.82, 2.24) is 10.1 Å². The second kappa shape index (κ2) is 23.5. The minimum Gasteiger partial charge on any atom is -0.481 e. The second-order valence-corrected chi connectivity index (χ2v) is 25.8. The molecule has 0 aliphatic heterocycles. The highest BCUT2D eigenvalue weighted by Gasteiger charge is 2.53.